The first-order valence-electron chi connectivity index (χ1n) is 7.03. The minimum absolute atomic E-state index is 0.107. The number of aromatic nitrogens is 1. The molecule has 1 aliphatic rings. The second-order valence-corrected chi connectivity index (χ2v) is 5.29. The molecule has 2 heterocycles. The Balaban J connectivity index is 2.07. The Morgan fingerprint density at radius 1 is 1.38 bits per heavy atom. The molecule has 1 saturated heterocycles. The van der Waals surface area contributed by atoms with Crippen LogP contribution in [0.5, 0.6) is 0 Å². The molecule has 0 bridgehead atoms. The van der Waals surface area contributed by atoms with Crippen LogP contribution in [0.4, 0.5) is 0 Å². The molecule has 1 atom stereocenters. The lowest BCUT2D eigenvalue weighted by molar-refractivity contribution is -0.127. The van der Waals surface area contributed by atoms with Gasteiger partial charge in [0.05, 0.1) is 11.1 Å². The van der Waals surface area contributed by atoms with Crippen molar-refractivity contribution in [2.45, 2.75) is 19.9 Å². The van der Waals surface area contributed by atoms with E-state index in [1.807, 2.05) is 31.2 Å². The van der Waals surface area contributed by atoms with Gasteiger partial charge < -0.3 is 10.2 Å². The first-order valence-corrected chi connectivity index (χ1v) is 7.03. The maximum Gasteiger partial charge on any atom is 0.255 e. The number of rotatable bonds is 1. The van der Waals surface area contributed by atoms with E-state index in [0.29, 0.717) is 18.7 Å². The van der Waals surface area contributed by atoms with Crippen molar-refractivity contribution in [1.29, 1.82) is 0 Å². The van der Waals surface area contributed by atoms with Gasteiger partial charge in [0.1, 0.15) is 6.04 Å². The fraction of sp³-hybridized carbons (Fsp3) is 0.312. The van der Waals surface area contributed by atoms with Gasteiger partial charge in [-0.1, -0.05) is 18.2 Å². The molecule has 0 aliphatic carbocycles. The number of amides is 2. The monoisotopic (exact) mass is 283 g/mol. The number of carbonyl (C=O) groups is 2. The number of fused-ring (bicyclic) bond motifs is 1. The molecule has 1 unspecified atom stereocenters. The van der Waals surface area contributed by atoms with Crippen LogP contribution in [0.15, 0.2) is 30.3 Å². The molecule has 108 valence electrons. The second-order valence-electron chi connectivity index (χ2n) is 5.29. The Bertz CT molecular complexity index is 727. The zero-order chi connectivity index (χ0) is 15.0. The molecular weight excluding hydrogens is 266 g/mol. The smallest absolute Gasteiger partial charge is 0.255 e. The van der Waals surface area contributed by atoms with Gasteiger partial charge in [-0.25, -0.2) is 0 Å². The Morgan fingerprint density at radius 2 is 2.14 bits per heavy atom. The summed E-state index contributed by atoms with van der Waals surface area (Å²) in [5.41, 5.74) is 2.21. The fourth-order valence-electron chi connectivity index (χ4n) is 2.70. The van der Waals surface area contributed by atoms with Gasteiger partial charge in [-0.3, -0.25) is 14.6 Å². The lowest BCUT2D eigenvalue weighted by atomic mass is 10.0. The third kappa shape index (κ3) is 2.35. The number of hydrogen-bond donors (Lipinski definition) is 1. The number of nitrogens with one attached hydrogen (secondary N) is 1. The van der Waals surface area contributed by atoms with Crippen LogP contribution >= 0.6 is 0 Å². The summed E-state index contributed by atoms with van der Waals surface area (Å²) in [4.78, 5) is 30.7. The highest BCUT2D eigenvalue weighted by Gasteiger charge is 2.30. The van der Waals surface area contributed by atoms with Gasteiger partial charge in [0.2, 0.25) is 5.91 Å². The number of piperazine rings is 1. The Morgan fingerprint density at radius 3 is 2.95 bits per heavy atom. The SMILES string of the molecule is Cc1cc(C(=O)N2CCNC(=O)C2C)c2ccccc2n1. The average Bonchev–Trinajstić information content (AvgIpc) is 2.48. The van der Waals surface area contributed by atoms with Crippen molar-refractivity contribution >= 4 is 22.7 Å². The molecule has 0 spiro atoms. The molecule has 5 nitrogen and oxygen atoms in total. The van der Waals surface area contributed by atoms with Crippen LogP contribution in [0.3, 0.4) is 0 Å². The van der Waals surface area contributed by atoms with Crippen molar-refractivity contribution in [1.82, 2.24) is 15.2 Å². The van der Waals surface area contributed by atoms with E-state index in [1.54, 1.807) is 17.9 Å². The maximum absolute atomic E-state index is 12.8. The van der Waals surface area contributed by atoms with E-state index in [4.69, 9.17) is 0 Å². The van der Waals surface area contributed by atoms with Crippen molar-refractivity contribution < 1.29 is 9.59 Å². The van der Waals surface area contributed by atoms with Crippen LogP contribution < -0.4 is 5.32 Å². The molecule has 1 aromatic carbocycles. The number of benzene rings is 1. The predicted molar refractivity (Wildman–Crippen MR) is 80.0 cm³/mol. The first-order chi connectivity index (χ1) is 10.1. The molecule has 2 amide bonds. The van der Waals surface area contributed by atoms with E-state index in [2.05, 4.69) is 10.3 Å². The van der Waals surface area contributed by atoms with E-state index in [1.165, 1.54) is 0 Å². The summed E-state index contributed by atoms with van der Waals surface area (Å²) >= 11 is 0. The van der Waals surface area contributed by atoms with Crippen LogP contribution in [0.25, 0.3) is 10.9 Å². The summed E-state index contributed by atoms with van der Waals surface area (Å²) in [5, 5.41) is 3.60. The number of nitrogens with zero attached hydrogens (tertiary/aromatic N) is 2. The third-order valence-corrected chi connectivity index (χ3v) is 3.83. The summed E-state index contributed by atoms with van der Waals surface area (Å²) in [6.07, 6.45) is 0. The number of aryl methyl sites for hydroxylation is 1. The summed E-state index contributed by atoms with van der Waals surface area (Å²) < 4.78 is 0. The van der Waals surface area contributed by atoms with Gasteiger partial charge in [-0.05, 0) is 26.0 Å². The van der Waals surface area contributed by atoms with Crippen molar-refractivity contribution in [3.63, 3.8) is 0 Å². The van der Waals surface area contributed by atoms with Crippen LogP contribution in [0, 0.1) is 6.92 Å². The van der Waals surface area contributed by atoms with Gasteiger partial charge in [-0.2, -0.15) is 0 Å². The van der Waals surface area contributed by atoms with Crippen molar-refractivity contribution in [3.05, 3.63) is 41.6 Å². The summed E-state index contributed by atoms with van der Waals surface area (Å²) in [6, 6.07) is 8.93. The molecule has 0 saturated carbocycles. The van der Waals surface area contributed by atoms with Crippen molar-refractivity contribution in [3.8, 4) is 0 Å². The van der Waals surface area contributed by atoms with Crippen molar-refractivity contribution in [2.24, 2.45) is 0 Å². The molecule has 1 N–H and O–H groups in total. The zero-order valence-electron chi connectivity index (χ0n) is 12.1. The van der Waals surface area contributed by atoms with Gasteiger partial charge in [0.25, 0.3) is 5.91 Å². The highest BCUT2D eigenvalue weighted by molar-refractivity contribution is 6.07. The lowest BCUT2D eigenvalue weighted by Gasteiger charge is -2.33. The minimum Gasteiger partial charge on any atom is -0.353 e. The summed E-state index contributed by atoms with van der Waals surface area (Å²) in [7, 11) is 0. The Kier molecular flexibility index (Phi) is 3.33. The molecular formula is C16H17N3O2. The largest absolute Gasteiger partial charge is 0.353 e. The molecule has 1 aliphatic heterocycles. The van der Waals surface area contributed by atoms with Crippen molar-refractivity contribution in [2.75, 3.05) is 13.1 Å². The number of carbonyl (C=O) groups excluding carboxylic acids is 2. The third-order valence-electron chi connectivity index (χ3n) is 3.83. The molecule has 1 aromatic heterocycles. The minimum atomic E-state index is -0.446. The highest BCUT2D eigenvalue weighted by atomic mass is 16.2. The fourth-order valence-corrected chi connectivity index (χ4v) is 2.70. The molecule has 1 fully saturated rings. The van der Waals surface area contributed by atoms with Gasteiger partial charge in [-0.15, -0.1) is 0 Å². The van der Waals surface area contributed by atoms with E-state index in [-0.39, 0.29) is 11.8 Å². The number of pyridine rings is 1. The lowest BCUT2D eigenvalue weighted by Crippen LogP contribution is -2.55. The Labute approximate surface area is 123 Å². The molecule has 5 heteroatoms. The topological polar surface area (TPSA) is 62.3 Å². The molecule has 3 rings (SSSR count). The number of para-hydroxylation sites is 1. The average molecular weight is 283 g/mol. The standard InChI is InChI=1S/C16H17N3O2/c1-10-9-13(12-5-3-4-6-14(12)18-10)16(21)19-8-7-17-15(20)11(19)2/h3-6,9,11H,7-8H2,1-2H3,(H,17,20). The normalized spacial score (nSPS) is 18.7. The van der Waals surface area contributed by atoms with Crippen LogP contribution in [0.2, 0.25) is 0 Å². The van der Waals surface area contributed by atoms with Gasteiger partial charge in [0.15, 0.2) is 0 Å². The predicted octanol–water partition coefficient (Wildman–Crippen LogP) is 1.50. The molecule has 21 heavy (non-hydrogen) atoms. The highest BCUT2D eigenvalue weighted by Crippen LogP contribution is 2.21. The summed E-state index contributed by atoms with van der Waals surface area (Å²) in [5.74, 6) is -0.219. The van der Waals surface area contributed by atoms with Crippen LogP contribution in [-0.4, -0.2) is 40.8 Å². The van der Waals surface area contributed by atoms with Crippen LogP contribution in [0.1, 0.15) is 23.0 Å². The second kappa shape index (κ2) is 5.16. The van der Waals surface area contributed by atoms with Gasteiger partial charge in [0, 0.05) is 24.2 Å². The van der Waals surface area contributed by atoms with E-state index >= 15 is 0 Å². The molecule has 2 aromatic rings. The Hall–Kier alpha value is -2.43. The van der Waals surface area contributed by atoms with Crippen LogP contribution in [-0.2, 0) is 4.79 Å². The molecule has 0 radical (unpaired) electrons. The van der Waals surface area contributed by atoms with E-state index < -0.39 is 6.04 Å². The summed E-state index contributed by atoms with van der Waals surface area (Å²) in [6.45, 7) is 4.65. The van der Waals surface area contributed by atoms with E-state index in [0.717, 1.165) is 16.6 Å². The number of hydrogen-bond acceptors (Lipinski definition) is 3. The quantitative estimate of drug-likeness (QED) is 0.862. The van der Waals surface area contributed by atoms with E-state index in [9.17, 15) is 9.59 Å². The zero-order valence-corrected chi connectivity index (χ0v) is 12.1. The first kappa shape index (κ1) is 13.5. The van der Waals surface area contributed by atoms with Gasteiger partial charge >= 0.3 is 0 Å². The maximum atomic E-state index is 12.8.